The quantitative estimate of drug-likeness (QED) is 0.450. The van der Waals surface area contributed by atoms with E-state index >= 15 is 0 Å². The van der Waals surface area contributed by atoms with Crippen molar-refractivity contribution in [1.29, 1.82) is 0 Å². The second-order valence-electron chi connectivity index (χ2n) is 4.79. The number of carbonyl (C=O) groups excluding carboxylic acids is 1. The molecule has 0 amide bonds. The Morgan fingerprint density at radius 1 is 1.30 bits per heavy atom. The standard InChI is InChI=1S/C15H23NO4/c1-4-19-15(17)12-5-6-13(16)14(9-12)20-8-7-18-10-11(2)3/h5-6,9,11H,4,7-8,10,16H2,1-3H3. The van der Waals surface area contributed by atoms with Crippen molar-refractivity contribution < 1.29 is 19.0 Å². The van der Waals surface area contributed by atoms with Gasteiger partial charge in [0.25, 0.3) is 0 Å². The number of nitrogens with two attached hydrogens (primary N) is 1. The molecule has 0 aliphatic rings. The summed E-state index contributed by atoms with van der Waals surface area (Å²) in [6.07, 6.45) is 0. The Bertz CT molecular complexity index is 432. The number of anilines is 1. The van der Waals surface area contributed by atoms with Crippen molar-refractivity contribution in [2.75, 3.05) is 32.2 Å². The number of hydrogen-bond acceptors (Lipinski definition) is 5. The molecular weight excluding hydrogens is 258 g/mol. The van der Waals surface area contributed by atoms with E-state index in [1.165, 1.54) is 0 Å². The van der Waals surface area contributed by atoms with E-state index in [1.807, 2.05) is 0 Å². The van der Waals surface area contributed by atoms with Gasteiger partial charge in [0.05, 0.1) is 24.5 Å². The van der Waals surface area contributed by atoms with Gasteiger partial charge in [0, 0.05) is 6.61 Å². The third-order valence-electron chi connectivity index (χ3n) is 2.46. The molecule has 112 valence electrons. The fourth-order valence-electron chi connectivity index (χ4n) is 1.53. The van der Waals surface area contributed by atoms with Crippen LogP contribution in [0.25, 0.3) is 0 Å². The first-order chi connectivity index (χ1) is 9.54. The molecule has 0 fully saturated rings. The number of rotatable bonds is 8. The molecule has 0 bridgehead atoms. The summed E-state index contributed by atoms with van der Waals surface area (Å²) in [6.45, 7) is 7.84. The minimum Gasteiger partial charge on any atom is -0.489 e. The highest BCUT2D eigenvalue weighted by atomic mass is 16.5. The predicted octanol–water partition coefficient (Wildman–Crippen LogP) is 2.50. The van der Waals surface area contributed by atoms with Crippen LogP contribution in [0.5, 0.6) is 5.75 Å². The van der Waals surface area contributed by atoms with Gasteiger partial charge in [-0.1, -0.05) is 13.8 Å². The van der Waals surface area contributed by atoms with Gasteiger partial charge in [-0.3, -0.25) is 0 Å². The van der Waals surface area contributed by atoms with Crippen LogP contribution in [-0.2, 0) is 9.47 Å². The second kappa shape index (κ2) is 8.43. The van der Waals surface area contributed by atoms with E-state index < -0.39 is 0 Å². The average molecular weight is 281 g/mol. The lowest BCUT2D eigenvalue weighted by Crippen LogP contribution is -2.11. The first-order valence-electron chi connectivity index (χ1n) is 6.81. The van der Waals surface area contributed by atoms with Crippen molar-refractivity contribution in [3.8, 4) is 5.75 Å². The van der Waals surface area contributed by atoms with Gasteiger partial charge < -0.3 is 19.9 Å². The lowest BCUT2D eigenvalue weighted by Gasteiger charge is -2.11. The van der Waals surface area contributed by atoms with Crippen molar-refractivity contribution in [1.82, 2.24) is 0 Å². The van der Waals surface area contributed by atoms with Gasteiger partial charge in [-0.25, -0.2) is 4.79 Å². The van der Waals surface area contributed by atoms with Crippen LogP contribution >= 0.6 is 0 Å². The molecule has 0 atom stereocenters. The highest BCUT2D eigenvalue weighted by Gasteiger charge is 2.10. The summed E-state index contributed by atoms with van der Waals surface area (Å²) in [5, 5.41) is 0. The van der Waals surface area contributed by atoms with Crippen LogP contribution in [0.3, 0.4) is 0 Å². The molecule has 0 aromatic heterocycles. The second-order valence-corrected chi connectivity index (χ2v) is 4.79. The van der Waals surface area contributed by atoms with Gasteiger partial charge in [-0.2, -0.15) is 0 Å². The number of nitrogen functional groups attached to an aromatic ring is 1. The summed E-state index contributed by atoms with van der Waals surface area (Å²) >= 11 is 0. The maximum Gasteiger partial charge on any atom is 0.338 e. The number of esters is 1. The van der Waals surface area contributed by atoms with Crippen LogP contribution in [0.15, 0.2) is 18.2 Å². The van der Waals surface area contributed by atoms with E-state index in [1.54, 1.807) is 25.1 Å². The fraction of sp³-hybridized carbons (Fsp3) is 0.533. The molecule has 0 saturated heterocycles. The third kappa shape index (κ3) is 5.48. The van der Waals surface area contributed by atoms with E-state index in [2.05, 4.69) is 13.8 Å². The first kappa shape index (κ1) is 16.3. The largest absolute Gasteiger partial charge is 0.489 e. The smallest absolute Gasteiger partial charge is 0.338 e. The van der Waals surface area contributed by atoms with E-state index in [0.717, 1.165) is 0 Å². The lowest BCUT2D eigenvalue weighted by atomic mass is 10.2. The molecule has 1 aromatic carbocycles. The highest BCUT2D eigenvalue weighted by molar-refractivity contribution is 5.90. The van der Waals surface area contributed by atoms with Crippen LogP contribution in [0.2, 0.25) is 0 Å². The molecule has 0 radical (unpaired) electrons. The van der Waals surface area contributed by atoms with Crippen LogP contribution in [-0.4, -0.2) is 32.4 Å². The summed E-state index contributed by atoms with van der Waals surface area (Å²) in [7, 11) is 0. The Morgan fingerprint density at radius 3 is 2.70 bits per heavy atom. The Labute approximate surface area is 120 Å². The van der Waals surface area contributed by atoms with Gasteiger partial charge in [-0.05, 0) is 31.0 Å². The molecule has 5 heteroatoms. The van der Waals surface area contributed by atoms with Crippen molar-refractivity contribution in [2.24, 2.45) is 5.92 Å². The molecule has 0 aliphatic carbocycles. The van der Waals surface area contributed by atoms with Gasteiger partial charge in [-0.15, -0.1) is 0 Å². The first-order valence-corrected chi connectivity index (χ1v) is 6.81. The molecule has 0 spiro atoms. The minimum absolute atomic E-state index is 0.336. The van der Waals surface area contributed by atoms with E-state index in [-0.39, 0.29) is 5.97 Å². The predicted molar refractivity (Wildman–Crippen MR) is 78.0 cm³/mol. The zero-order valence-corrected chi connectivity index (χ0v) is 12.3. The van der Waals surface area contributed by atoms with Gasteiger partial charge in [0.15, 0.2) is 0 Å². The van der Waals surface area contributed by atoms with Crippen LogP contribution < -0.4 is 10.5 Å². The van der Waals surface area contributed by atoms with Gasteiger partial charge >= 0.3 is 5.97 Å². The fourth-order valence-corrected chi connectivity index (χ4v) is 1.53. The molecular formula is C15H23NO4. The molecule has 5 nitrogen and oxygen atoms in total. The molecule has 1 rings (SSSR count). The number of benzene rings is 1. The number of hydrogen-bond donors (Lipinski definition) is 1. The van der Waals surface area contributed by atoms with Crippen molar-refractivity contribution >= 4 is 11.7 Å². The molecule has 20 heavy (non-hydrogen) atoms. The molecule has 2 N–H and O–H groups in total. The summed E-state index contributed by atoms with van der Waals surface area (Å²) in [5.74, 6) is 0.587. The van der Waals surface area contributed by atoms with Crippen LogP contribution in [0.4, 0.5) is 5.69 Å². The van der Waals surface area contributed by atoms with Gasteiger partial charge in [0.1, 0.15) is 12.4 Å². The zero-order valence-electron chi connectivity index (χ0n) is 12.3. The average Bonchev–Trinajstić information content (AvgIpc) is 2.40. The van der Waals surface area contributed by atoms with Crippen molar-refractivity contribution in [2.45, 2.75) is 20.8 Å². The Balaban J connectivity index is 2.52. The van der Waals surface area contributed by atoms with E-state index in [4.69, 9.17) is 19.9 Å². The third-order valence-corrected chi connectivity index (χ3v) is 2.46. The molecule has 0 saturated carbocycles. The maximum atomic E-state index is 11.6. The van der Waals surface area contributed by atoms with Gasteiger partial charge in [0.2, 0.25) is 0 Å². The monoisotopic (exact) mass is 281 g/mol. The maximum absolute atomic E-state index is 11.6. The summed E-state index contributed by atoms with van der Waals surface area (Å²) < 4.78 is 15.9. The van der Waals surface area contributed by atoms with E-state index in [9.17, 15) is 4.79 Å². The summed E-state index contributed by atoms with van der Waals surface area (Å²) in [4.78, 5) is 11.6. The van der Waals surface area contributed by atoms with Crippen LogP contribution in [0.1, 0.15) is 31.1 Å². The van der Waals surface area contributed by atoms with E-state index in [0.29, 0.717) is 49.3 Å². The molecule has 0 unspecified atom stereocenters. The zero-order chi connectivity index (χ0) is 15.0. The summed E-state index contributed by atoms with van der Waals surface area (Å²) in [5.41, 5.74) is 6.73. The SMILES string of the molecule is CCOC(=O)c1ccc(N)c(OCCOCC(C)C)c1. The normalized spacial score (nSPS) is 10.6. The Kier molecular flexibility index (Phi) is 6.87. The van der Waals surface area contributed by atoms with Crippen molar-refractivity contribution in [3.05, 3.63) is 23.8 Å². The van der Waals surface area contributed by atoms with Crippen LogP contribution in [0, 0.1) is 5.92 Å². The Hall–Kier alpha value is -1.75. The molecule has 1 aromatic rings. The molecule has 0 heterocycles. The molecule has 0 aliphatic heterocycles. The number of carbonyl (C=O) groups is 1. The minimum atomic E-state index is -0.381. The Morgan fingerprint density at radius 2 is 2.05 bits per heavy atom. The highest BCUT2D eigenvalue weighted by Crippen LogP contribution is 2.23. The topological polar surface area (TPSA) is 70.8 Å². The van der Waals surface area contributed by atoms with Crippen molar-refractivity contribution in [3.63, 3.8) is 0 Å². The lowest BCUT2D eigenvalue weighted by molar-refractivity contribution is 0.0525. The number of ether oxygens (including phenoxy) is 3. The summed E-state index contributed by atoms with van der Waals surface area (Å²) in [6, 6.07) is 4.85.